The van der Waals surface area contributed by atoms with E-state index in [2.05, 4.69) is 26.4 Å². The summed E-state index contributed by atoms with van der Waals surface area (Å²) in [6.45, 7) is 4.51. The van der Waals surface area contributed by atoms with E-state index in [1.807, 2.05) is 54.7 Å². The lowest BCUT2D eigenvalue weighted by atomic mass is 10.0. The van der Waals surface area contributed by atoms with Gasteiger partial charge < -0.3 is 15.0 Å². The van der Waals surface area contributed by atoms with Gasteiger partial charge in [0.25, 0.3) is 5.91 Å². The molecule has 3 aliphatic rings. The van der Waals surface area contributed by atoms with E-state index in [-0.39, 0.29) is 23.6 Å². The fraction of sp³-hybridized carbons (Fsp3) is 0.250. The number of rotatable bonds is 6. The van der Waals surface area contributed by atoms with Gasteiger partial charge in [0.1, 0.15) is 0 Å². The van der Waals surface area contributed by atoms with Crippen molar-refractivity contribution in [2.75, 3.05) is 37.4 Å². The van der Waals surface area contributed by atoms with Crippen molar-refractivity contribution in [2.45, 2.75) is 13.1 Å². The van der Waals surface area contributed by atoms with Crippen LogP contribution < -0.4 is 5.32 Å². The molecule has 0 unspecified atom stereocenters. The first kappa shape index (κ1) is 27.5. The number of hydrogen-bond donors (Lipinski definition) is 2. The molecule has 2 aromatic carbocycles. The fourth-order valence-corrected chi connectivity index (χ4v) is 5.62. The Kier molecular flexibility index (Phi) is 8.44. The second kappa shape index (κ2) is 12.0. The number of aromatic amines is 1. The van der Waals surface area contributed by atoms with Gasteiger partial charge in [-0.05, 0) is 53.1 Å². The van der Waals surface area contributed by atoms with E-state index in [0.29, 0.717) is 22.9 Å². The van der Waals surface area contributed by atoms with Gasteiger partial charge in [0, 0.05) is 53.6 Å². The van der Waals surface area contributed by atoms with Crippen LogP contribution in [-0.2, 0) is 22.6 Å². The van der Waals surface area contributed by atoms with E-state index in [1.165, 1.54) is 22.3 Å². The number of carbonyl (C=O) groups excluding carboxylic acids is 2. The van der Waals surface area contributed by atoms with Crippen LogP contribution in [0.4, 0.5) is 10.5 Å². The number of anilines is 1. The van der Waals surface area contributed by atoms with E-state index in [4.69, 9.17) is 16.3 Å². The minimum atomic E-state index is -0.144. The van der Waals surface area contributed by atoms with Crippen LogP contribution in [0.25, 0.3) is 11.6 Å². The smallest absolute Gasteiger partial charge is 0.302 e. The lowest BCUT2D eigenvalue weighted by Gasteiger charge is -2.25. The van der Waals surface area contributed by atoms with Crippen LogP contribution in [-0.4, -0.2) is 63.8 Å². The number of fused-ring (bicyclic) bond motifs is 1. The summed E-state index contributed by atoms with van der Waals surface area (Å²) in [6.07, 6.45) is 3.87. The maximum atomic E-state index is 12.8. The summed E-state index contributed by atoms with van der Waals surface area (Å²) >= 11 is 7.24. The normalized spacial score (nSPS) is 18.5. The van der Waals surface area contributed by atoms with Gasteiger partial charge in [-0.2, -0.15) is 5.10 Å². The molecule has 8 nitrogen and oxygen atoms in total. The highest BCUT2D eigenvalue weighted by molar-refractivity contribution is 8.14. The first-order valence-electron chi connectivity index (χ1n) is 12.4. The molecule has 6 rings (SSSR count). The summed E-state index contributed by atoms with van der Waals surface area (Å²) < 4.78 is 5.43. The molecule has 2 N–H and O–H groups in total. The molecule has 0 saturated carbocycles. The molecule has 4 heterocycles. The minimum absolute atomic E-state index is 0. The van der Waals surface area contributed by atoms with Crippen molar-refractivity contribution < 1.29 is 14.3 Å². The van der Waals surface area contributed by atoms with Gasteiger partial charge in [0.2, 0.25) is 0 Å². The average molecular weight is 585 g/mol. The van der Waals surface area contributed by atoms with E-state index in [0.717, 1.165) is 66.6 Å². The van der Waals surface area contributed by atoms with Crippen LogP contribution in [0.1, 0.15) is 27.9 Å². The summed E-state index contributed by atoms with van der Waals surface area (Å²) in [5.74, 6) is 0.366. The van der Waals surface area contributed by atoms with E-state index >= 15 is 0 Å². The van der Waals surface area contributed by atoms with Gasteiger partial charge in [-0.15, -0.1) is 12.4 Å². The number of ether oxygens (including phenoxy) is 1. The molecule has 1 saturated heterocycles. The lowest BCUT2D eigenvalue weighted by Crippen LogP contribution is -2.35. The number of carbonyl (C=O) groups is 2. The highest BCUT2D eigenvalue weighted by Gasteiger charge is 2.27. The van der Waals surface area contributed by atoms with Crippen molar-refractivity contribution >= 4 is 70.0 Å². The lowest BCUT2D eigenvalue weighted by molar-refractivity contribution is -0.110. The second-order valence-electron chi connectivity index (χ2n) is 9.41. The zero-order chi connectivity index (χ0) is 26.1. The van der Waals surface area contributed by atoms with Crippen LogP contribution in [0.5, 0.6) is 0 Å². The highest BCUT2D eigenvalue weighted by Crippen LogP contribution is 2.34. The monoisotopic (exact) mass is 583 g/mol. The Labute approximate surface area is 241 Å². The van der Waals surface area contributed by atoms with E-state index < -0.39 is 0 Å². The molecule has 0 bridgehead atoms. The average Bonchev–Trinajstić information content (AvgIpc) is 3.50. The van der Waals surface area contributed by atoms with Gasteiger partial charge in [0.05, 0.1) is 31.0 Å². The summed E-state index contributed by atoms with van der Waals surface area (Å²) in [7, 11) is 0. The summed E-state index contributed by atoms with van der Waals surface area (Å²) in [4.78, 5) is 31.1. The fourth-order valence-electron chi connectivity index (χ4n) is 4.76. The molecule has 2 amide bonds. The Morgan fingerprint density at radius 1 is 1.03 bits per heavy atom. The zero-order valence-electron chi connectivity index (χ0n) is 21.0. The molecule has 0 spiro atoms. The van der Waals surface area contributed by atoms with E-state index in [9.17, 15) is 9.59 Å². The van der Waals surface area contributed by atoms with Crippen LogP contribution in [0, 0.1) is 0 Å². The van der Waals surface area contributed by atoms with Gasteiger partial charge in [-0.25, -0.2) is 5.01 Å². The van der Waals surface area contributed by atoms with Gasteiger partial charge >= 0.3 is 5.24 Å². The molecule has 3 aliphatic heterocycles. The first-order chi connectivity index (χ1) is 18.5. The number of thioether (sulfide) groups is 1. The molecule has 0 atom stereocenters. The number of benzene rings is 2. The van der Waals surface area contributed by atoms with Crippen molar-refractivity contribution in [3.8, 4) is 0 Å². The number of amides is 2. The number of morpholine rings is 1. The SMILES string of the molecule is Cl.O=C1Nc2ccc(CN3N=C(c4ccc(Cl)cc4)CSC3=O)cc2C1=Cc1cc(CN2CCOCC2)c[nH]1. The minimum Gasteiger partial charge on any atom is -0.379 e. The summed E-state index contributed by atoms with van der Waals surface area (Å²) in [5, 5.41) is 9.61. The Bertz CT molecular complexity index is 1450. The third-order valence-electron chi connectivity index (χ3n) is 6.74. The highest BCUT2D eigenvalue weighted by atomic mass is 35.5. The van der Waals surface area contributed by atoms with Gasteiger partial charge in [-0.1, -0.05) is 41.6 Å². The molecular formula is C28H27Cl2N5O3S. The topological polar surface area (TPSA) is 90.0 Å². The van der Waals surface area contributed by atoms with Gasteiger partial charge in [-0.3, -0.25) is 14.5 Å². The molecule has 1 fully saturated rings. The molecule has 39 heavy (non-hydrogen) atoms. The van der Waals surface area contributed by atoms with E-state index in [1.54, 1.807) is 0 Å². The van der Waals surface area contributed by atoms with Crippen molar-refractivity contribution in [3.63, 3.8) is 0 Å². The number of hydrazone groups is 1. The number of nitrogens with one attached hydrogen (secondary N) is 2. The Morgan fingerprint density at radius 3 is 2.62 bits per heavy atom. The van der Waals surface area contributed by atoms with Crippen LogP contribution in [0.15, 0.2) is 59.8 Å². The largest absolute Gasteiger partial charge is 0.379 e. The molecular weight excluding hydrogens is 557 g/mol. The maximum Gasteiger partial charge on any atom is 0.302 e. The number of aromatic nitrogens is 1. The van der Waals surface area contributed by atoms with Crippen LogP contribution >= 0.6 is 35.8 Å². The molecule has 202 valence electrons. The van der Waals surface area contributed by atoms with Crippen molar-refractivity contribution in [1.29, 1.82) is 0 Å². The molecule has 1 aromatic heterocycles. The molecule has 0 radical (unpaired) electrons. The van der Waals surface area contributed by atoms with Crippen molar-refractivity contribution in [3.05, 3.63) is 87.7 Å². The summed E-state index contributed by atoms with van der Waals surface area (Å²) in [5.41, 5.74) is 6.85. The molecule has 0 aliphatic carbocycles. The predicted molar refractivity (Wildman–Crippen MR) is 158 cm³/mol. The van der Waals surface area contributed by atoms with Crippen LogP contribution in [0.3, 0.4) is 0 Å². The van der Waals surface area contributed by atoms with Crippen molar-refractivity contribution in [2.24, 2.45) is 5.10 Å². The number of halogens is 2. The quantitative estimate of drug-likeness (QED) is 0.375. The number of H-pyrrole nitrogens is 1. The summed E-state index contributed by atoms with van der Waals surface area (Å²) in [6, 6.07) is 15.3. The Balaban J connectivity index is 0.00000308. The first-order valence-corrected chi connectivity index (χ1v) is 13.8. The molecule has 3 aromatic rings. The van der Waals surface area contributed by atoms with Crippen molar-refractivity contribution in [1.82, 2.24) is 14.9 Å². The number of nitrogens with zero attached hydrogens (tertiary/aromatic N) is 3. The number of hydrogen-bond acceptors (Lipinski definition) is 6. The van der Waals surface area contributed by atoms with Gasteiger partial charge in [0.15, 0.2) is 0 Å². The molecule has 11 heteroatoms. The predicted octanol–water partition coefficient (Wildman–Crippen LogP) is 5.49. The van der Waals surface area contributed by atoms with Crippen LogP contribution in [0.2, 0.25) is 5.02 Å². The Hall–Kier alpha value is -3.08. The second-order valence-corrected chi connectivity index (χ2v) is 10.8. The third-order valence-corrected chi connectivity index (χ3v) is 7.86. The standard InChI is InChI=1S/C28H26ClN5O3S.ClH/c29-21-4-2-20(3-5-21)26-17-38-28(36)34(32-26)16-18-1-6-25-23(12-18)24(27(35)31-25)13-22-11-19(14-30-22)15-33-7-9-37-10-8-33;/h1-6,11-14,30H,7-10,15-17H2,(H,31,35);1H. The Morgan fingerprint density at radius 2 is 1.82 bits per heavy atom. The third kappa shape index (κ3) is 6.23. The zero-order valence-corrected chi connectivity index (χ0v) is 23.4. The maximum absolute atomic E-state index is 12.8.